The van der Waals surface area contributed by atoms with E-state index in [2.05, 4.69) is 41.7 Å². The maximum absolute atomic E-state index is 12.6. The summed E-state index contributed by atoms with van der Waals surface area (Å²) < 4.78 is 1.11. The molecule has 120 valence electrons. The minimum Gasteiger partial charge on any atom is -0.871 e. The molecule has 0 radical (unpaired) electrons. The third-order valence-corrected chi connectivity index (χ3v) is 4.89. The van der Waals surface area contributed by atoms with Crippen LogP contribution < -0.4 is 15.0 Å². The number of nitrogens with zero attached hydrogens (tertiary/aromatic N) is 2. The van der Waals surface area contributed by atoms with E-state index in [-0.39, 0.29) is 17.2 Å². The minimum atomic E-state index is -0.267. The lowest BCUT2D eigenvalue weighted by Gasteiger charge is -2.32. The number of carbonyl (C=O) groups is 1. The molecule has 23 heavy (non-hydrogen) atoms. The predicted molar refractivity (Wildman–Crippen MR) is 92.4 cm³/mol. The van der Waals surface area contributed by atoms with Crippen LogP contribution in [0.5, 0.6) is 5.75 Å². The highest BCUT2D eigenvalue weighted by molar-refractivity contribution is 9.11. The quantitative estimate of drug-likeness (QED) is 0.718. The van der Waals surface area contributed by atoms with Crippen molar-refractivity contribution in [2.75, 3.05) is 31.1 Å². The first-order valence-electron chi connectivity index (χ1n) is 7.23. The lowest BCUT2D eigenvalue weighted by molar-refractivity contribution is -0.364. The Bertz CT molecular complexity index is 717. The van der Waals surface area contributed by atoms with E-state index in [0.29, 0.717) is 22.0 Å². The number of amides is 1. The smallest absolute Gasteiger partial charge is 0.274 e. The molecule has 1 aliphatic heterocycles. The summed E-state index contributed by atoms with van der Waals surface area (Å²) in [6.45, 7) is 2.64. The Hall–Kier alpha value is -1.60. The van der Waals surface area contributed by atoms with Crippen molar-refractivity contribution in [1.29, 1.82) is 0 Å². The summed E-state index contributed by atoms with van der Waals surface area (Å²) in [7, 11) is 0. The number of hydrogen-bond donors (Lipinski definition) is 0. The minimum absolute atomic E-state index is 0.200. The number of pyridine rings is 1. The summed E-state index contributed by atoms with van der Waals surface area (Å²) >= 11 is 6.53. The third-order valence-electron chi connectivity index (χ3n) is 3.84. The zero-order valence-electron chi connectivity index (χ0n) is 12.3. The fourth-order valence-electron chi connectivity index (χ4n) is 2.62. The van der Waals surface area contributed by atoms with Crippen molar-refractivity contribution in [3.63, 3.8) is 0 Å². The van der Waals surface area contributed by atoms with E-state index in [1.165, 1.54) is 0 Å². The molecule has 1 aliphatic rings. The van der Waals surface area contributed by atoms with Gasteiger partial charge < -0.3 is 10.0 Å². The summed E-state index contributed by atoms with van der Waals surface area (Å²) in [5.74, 6) is 0.556. The number of H-pyrrole nitrogens is 1. The summed E-state index contributed by atoms with van der Waals surface area (Å²) in [5, 5.41) is 12.2. The Morgan fingerprint density at radius 3 is 2.52 bits per heavy atom. The normalized spacial score (nSPS) is 14.9. The fraction of sp³-hybridized carbons (Fsp3) is 0.250. The van der Waals surface area contributed by atoms with Gasteiger partial charge in [0, 0.05) is 20.6 Å². The monoisotopic (exact) mass is 439 g/mol. The van der Waals surface area contributed by atoms with Crippen molar-refractivity contribution >= 4 is 43.6 Å². The highest BCUT2D eigenvalue weighted by atomic mass is 79.9. The Morgan fingerprint density at radius 1 is 1.13 bits per heavy atom. The van der Waals surface area contributed by atoms with E-state index in [9.17, 15) is 9.90 Å². The molecule has 1 aromatic carbocycles. The van der Waals surface area contributed by atoms with Crippen molar-refractivity contribution in [2.24, 2.45) is 0 Å². The van der Waals surface area contributed by atoms with Gasteiger partial charge in [0.1, 0.15) is 13.1 Å². The van der Waals surface area contributed by atoms with Gasteiger partial charge in [0.2, 0.25) is 0 Å². The van der Waals surface area contributed by atoms with Gasteiger partial charge in [-0.25, -0.2) is 4.98 Å². The molecule has 3 rings (SSSR count). The second-order valence-corrected chi connectivity index (χ2v) is 7.06. The highest BCUT2D eigenvalue weighted by Gasteiger charge is 2.27. The van der Waals surface area contributed by atoms with Crippen molar-refractivity contribution in [3.8, 4) is 5.75 Å². The fourth-order valence-corrected chi connectivity index (χ4v) is 3.85. The average Bonchev–Trinajstić information content (AvgIpc) is 2.58. The molecule has 0 saturated carbocycles. The number of aromatic nitrogens is 1. The van der Waals surface area contributed by atoms with Crippen LogP contribution in [0.3, 0.4) is 0 Å². The molecule has 0 atom stereocenters. The number of anilines is 1. The van der Waals surface area contributed by atoms with Gasteiger partial charge in [-0.2, -0.15) is 0 Å². The van der Waals surface area contributed by atoms with Gasteiger partial charge >= 0.3 is 0 Å². The van der Waals surface area contributed by atoms with Gasteiger partial charge in [0.15, 0.2) is 0 Å². The van der Waals surface area contributed by atoms with E-state index in [1.807, 2.05) is 24.4 Å². The van der Waals surface area contributed by atoms with Crippen molar-refractivity contribution in [2.45, 2.75) is 0 Å². The van der Waals surface area contributed by atoms with E-state index < -0.39 is 0 Å². The summed E-state index contributed by atoms with van der Waals surface area (Å²) in [6.07, 6.45) is 1.88. The summed E-state index contributed by atoms with van der Waals surface area (Å²) in [6, 6.07) is 9.17. The maximum atomic E-state index is 12.6. The average molecular weight is 441 g/mol. The van der Waals surface area contributed by atoms with E-state index in [0.717, 1.165) is 18.9 Å². The van der Waals surface area contributed by atoms with Crippen LogP contribution in [0.1, 0.15) is 10.4 Å². The predicted octanol–water partition coefficient (Wildman–Crippen LogP) is 2.06. The Balaban J connectivity index is 1.72. The number of aromatic amines is 1. The number of hydrogen-bond acceptors (Lipinski definition) is 3. The SMILES string of the molecule is O=C(c1cc(Br)cc(Br)c1[O-])N1CCN(c2cccc[nH+]2)CC1. The molecule has 2 aromatic rings. The molecule has 0 bridgehead atoms. The number of nitrogens with one attached hydrogen (secondary N) is 1. The molecule has 0 unspecified atom stereocenters. The lowest BCUT2D eigenvalue weighted by Crippen LogP contribution is -2.50. The maximum Gasteiger partial charge on any atom is 0.274 e. The van der Waals surface area contributed by atoms with E-state index in [4.69, 9.17) is 0 Å². The van der Waals surface area contributed by atoms with Crippen LogP contribution in [-0.4, -0.2) is 37.0 Å². The largest absolute Gasteiger partial charge is 0.871 e. The molecule has 2 heterocycles. The van der Waals surface area contributed by atoms with Gasteiger partial charge in [-0.1, -0.05) is 43.7 Å². The molecule has 1 N–H and O–H groups in total. The molecule has 1 amide bonds. The molecule has 0 spiro atoms. The van der Waals surface area contributed by atoms with Crippen LogP contribution in [0.4, 0.5) is 5.82 Å². The highest BCUT2D eigenvalue weighted by Crippen LogP contribution is 2.30. The molecule has 5 nitrogen and oxygen atoms in total. The number of benzene rings is 1. The van der Waals surface area contributed by atoms with E-state index >= 15 is 0 Å². The summed E-state index contributed by atoms with van der Waals surface area (Å²) in [5.41, 5.74) is 0.200. The van der Waals surface area contributed by atoms with Gasteiger partial charge in [-0.3, -0.25) is 9.69 Å². The summed E-state index contributed by atoms with van der Waals surface area (Å²) in [4.78, 5) is 19.7. The van der Waals surface area contributed by atoms with Crippen molar-refractivity contribution < 1.29 is 14.9 Å². The number of rotatable bonds is 2. The first-order chi connectivity index (χ1) is 11.1. The van der Waals surface area contributed by atoms with Gasteiger partial charge in [0.25, 0.3) is 11.7 Å². The van der Waals surface area contributed by atoms with Crippen molar-refractivity contribution in [3.05, 3.63) is 51.0 Å². The van der Waals surface area contributed by atoms with Crippen LogP contribution in [0, 0.1) is 0 Å². The lowest BCUT2D eigenvalue weighted by atomic mass is 10.1. The topological polar surface area (TPSA) is 60.8 Å². The second kappa shape index (κ2) is 6.88. The first-order valence-corrected chi connectivity index (χ1v) is 8.82. The Kier molecular flexibility index (Phi) is 4.87. The van der Waals surface area contributed by atoms with Gasteiger partial charge in [-0.15, -0.1) is 0 Å². The first kappa shape index (κ1) is 16.3. The van der Waals surface area contributed by atoms with E-state index in [1.54, 1.807) is 17.0 Å². The third kappa shape index (κ3) is 3.50. The van der Waals surface area contributed by atoms with Crippen LogP contribution in [0.25, 0.3) is 0 Å². The molecule has 0 aliphatic carbocycles. The van der Waals surface area contributed by atoms with Crippen molar-refractivity contribution in [1.82, 2.24) is 4.90 Å². The molecular formula is C16H15Br2N3O2. The standard InChI is InChI=1S/C16H15Br2N3O2/c17-11-9-12(15(22)13(18)10-11)16(23)21-7-5-20(6-8-21)14-3-1-2-4-19-14/h1-4,9-10,22H,5-8H2. The second-order valence-electron chi connectivity index (χ2n) is 5.29. The molecular weight excluding hydrogens is 426 g/mol. The molecule has 7 heteroatoms. The zero-order valence-corrected chi connectivity index (χ0v) is 15.4. The molecule has 1 aromatic heterocycles. The number of piperazine rings is 1. The van der Waals surface area contributed by atoms with Crippen LogP contribution in [0.15, 0.2) is 45.5 Å². The van der Waals surface area contributed by atoms with Crippen LogP contribution >= 0.6 is 31.9 Å². The molecule has 1 fully saturated rings. The molecule has 1 saturated heterocycles. The number of halogens is 2. The zero-order chi connectivity index (χ0) is 16.4. The van der Waals surface area contributed by atoms with Gasteiger partial charge in [0.05, 0.1) is 19.3 Å². The van der Waals surface area contributed by atoms with Crippen LogP contribution in [-0.2, 0) is 0 Å². The van der Waals surface area contributed by atoms with Gasteiger partial charge in [-0.05, 0) is 18.2 Å². The van der Waals surface area contributed by atoms with Crippen LogP contribution in [0.2, 0.25) is 0 Å². The Morgan fingerprint density at radius 2 is 1.87 bits per heavy atom. The Labute approximate surface area is 151 Å². The number of carbonyl (C=O) groups excluding carboxylic acids is 1.